The van der Waals surface area contributed by atoms with Crippen molar-refractivity contribution in [2.75, 3.05) is 42.6 Å². The summed E-state index contributed by atoms with van der Waals surface area (Å²) in [4.78, 5) is 4.97. The van der Waals surface area contributed by atoms with Gasteiger partial charge in [-0.1, -0.05) is 18.2 Å². The van der Waals surface area contributed by atoms with E-state index in [2.05, 4.69) is 39.2 Å². The predicted molar refractivity (Wildman–Crippen MR) is 102 cm³/mol. The Labute approximate surface area is 158 Å². The van der Waals surface area contributed by atoms with Crippen molar-refractivity contribution in [3.8, 4) is 0 Å². The Kier molecular flexibility index (Phi) is 4.85. The normalized spacial score (nSPS) is 23.4. The minimum Gasteiger partial charge on any atom is -0.414 e. The highest BCUT2D eigenvalue weighted by molar-refractivity contribution is 7.91. The van der Waals surface area contributed by atoms with Crippen LogP contribution in [-0.4, -0.2) is 60.8 Å². The second-order valence-corrected chi connectivity index (χ2v) is 9.47. The largest absolute Gasteiger partial charge is 0.414 e. The molecule has 0 saturated carbocycles. The molecule has 26 heavy (non-hydrogen) atoms. The Balaban J connectivity index is 1.38. The fourth-order valence-corrected chi connectivity index (χ4v) is 5.46. The summed E-state index contributed by atoms with van der Waals surface area (Å²) in [5, 5.41) is 4.45. The van der Waals surface area contributed by atoms with Crippen molar-refractivity contribution >= 4 is 27.7 Å². The maximum absolute atomic E-state index is 11.7. The van der Waals surface area contributed by atoms with Gasteiger partial charge in [0.2, 0.25) is 5.89 Å². The van der Waals surface area contributed by atoms with Gasteiger partial charge in [0.1, 0.15) is 0 Å². The van der Waals surface area contributed by atoms with E-state index in [0.29, 0.717) is 23.8 Å². The highest BCUT2D eigenvalue weighted by Gasteiger charge is 2.33. The molecule has 140 valence electrons. The molecule has 0 radical (unpaired) electrons. The first kappa shape index (κ1) is 17.7. The van der Waals surface area contributed by atoms with E-state index in [0.717, 1.165) is 26.2 Å². The lowest BCUT2D eigenvalue weighted by Crippen LogP contribution is -2.46. The van der Waals surface area contributed by atoms with Gasteiger partial charge in [-0.05, 0) is 30.8 Å². The molecule has 3 heterocycles. The number of anilines is 1. The van der Waals surface area contributed by atoms with Gasteiger partial charge in [-0.2, -0.15) is 0 Å². The maximum Gasteiger partial charge on any atom is 0.288 e. The molecule has 2 aliphatic heterocycles. The lowest BCUT2D eigenvalue weighted by Gasteiger charge is -2.35. The highest BCUT2D eigenvalue weighted by atomic mass is 32.2. The molecule has 2 fully saturated rings. The zero-order valence-corrected chi connectivity index (χ0v) is 16.1. The van der Waals surface area contributed by atoms with E-state index >= 15 is 0 Å². The summed E-state index contributed by atoms with van der Waals surface area (Å²) in [7, 11) is -2.97. The van der Waals surface area contributed by atoms with Gasteiger partial charge >= 0.3 is 0 Å². The van der Waals surface area contributed by atoms with Crippen LogP contribution in [0.1, 0.15) is 18.2 Å². The summed E-state index contributed by atoms with van der Waals surface area (Å²) in [6.07, 6.45) is 0.563. The third-order valence-electron chi connectivity index (χ3n) is 5.03. The minimum atomic E-state index is -2.97. The summed E-state index contributed by atoms with van der Waals surface area (Å²) in [5.41, 5.74) is 1.25. The number of hydrogen-bond donors (Lipinski definition) is 0. The van der Waals surface area contributed by atoms with E-state index in [-0.39, 0.29) is 17.4 Å². The topological polar surface area (TPSA) is 71.6 Å². The van der Waals surface area contributed by atoms with Crippen molar-refractivity contribution in [1.82, 2.24) is 14.7 Å². The average Bonchev–Trinajstić information content (AvgIpc) is 3.19. The lowest BCUT2D eigenvalue weighted by atomic mass is 10.1. The van der Waals surface area contributed by atoms with Crippen molar-refractivity contribution in [1.29, 1.82) is 0 Å². The number of hydrogen-bond acceptors (Lipinski definition) is 7. The Morgan fingerprint density at radius 2 is 1.88 bits per heavy atom. The van der Waals surface area contributed by atoms with Crippen LogP contribution >= 0.6 is 12.2 Å². The summed E-state index contributed by atoms with van der Waals surface area (Å²) < 4.78 is 30.6. The number of aromatic nitrogens is 2. The molecule has 7 nitrogen and oxygen atoms in total. The fourth-order valence-electron chi connectivity index (χ4n) is 3.54. The van der Waals surface area contributed by atoms with E-state index in [1.54, 1.807) is 4.68 Å². The first-order chi connectivity index (χ1) is 12.5. The van der Waals surface area contributed by atoms with E-state index in [1.807, 2.05) is 6.07 Å². The van der Waals surface area contributed by atoms with E-state index < -0.39 is 9.84 Å². The first-order valence-corrected chi connectivity index (χ1v) is 11.0. The summed E-state index contributed by atoms with van der Waals surface area (Å²) in [6.45, 7) is 4.30. The van der Waals surface area contributed by atoms with E-state index in [4.69, 9.17) is 16.6 Å². The first-order valence-electron chi connectivity index (χ1n) is 8.81. The van der Waals surface area contributed by atoms with E-state index in [1.165, 1.54) is 5.69 Å². The maximum atomic E-state index is 11.7. The number of sulfone groups is 1. The molecule has 0 bridgehead atoms. The average molecular weight is 395 g/mol. The molecule has 9 heteroatoms. The monoisotopic (exact) mass is 394 g/mol. The second kappa shape index (κ2) is 7.13. The molecule has 0 amide bonds. The van der Waals surface area contributed by atoms with Crippen LogP contribution in [-0.2, 0) is 16.5 Å². The molecule has 0 N–H and O–H groups in total. The van der Waals surface area contributed by atoms with E-state index in [9.17, 15) is 8.42 Å². The smallest absolute Gasteiger partial charge is 0.288 e. The van der Waals surface area contributed by atoms with Gasteiger partial charge in [0, 0.05) is 31.9 Å². The van der Waals surface area contributed by atoms with Crippen LogP contribution in [0.4, 0.5) is 5.69 Å². The number of nitrogens with zero attached hydrogens (tertiary/aromatic N) is 4. The van der Waals surface area contributed by atoms with Crippen molar-refractivity contribution in [2.45, 2.75) is 19.0 Å². The Hall–Kier alpha value is -1.71. The van der Waals surface area contributed by atoms with Gasteiger partial charge in [-0.25, -0.2) is 13.1 Å². The van der Waals surface area contributed by atoms with Gasteiger partial charge in [-0.15, -0.1) is 5.10 Å². The molecule has 0 aliphatic carbocycles. The van der Waals surface area contributed by atoms with Gasteiger partial charge in [0.15, 0.2) is 9.84 Å². The summed E-state index contributed by atoms with van der Waals surface area (Å²) in [6, 6.07) is 10.4. The van der Waals surface area contributed by atoms with Crippen molar-refractivity contribution in [3.63, 3.8) is 0 Å². The third-order valence-corrected chi connectivity index (χ3v) is 7.09. The quantitative estimate of drug-likeness (QED) is 0.733. The van der Waals surface area contributed by atoms with Crippen LogP contribution in [0.5, 0.6) is 0 Å². The number of benzene rings is 1. The number of rotatable bonds is 4. The van der Waals surface area contributed by atoms with Crippen LogP contribution in [0.3, 0.4) is 0 Å². The third kappa shape index (κ3) is 3.84. The predicted octanol–water partition coefficient (Wildman–Crippen LogP) is 1.89. The zero-order valence-electron chi connectivity index (χ0n) is 14.5. The van der Waals surface area contributed by atoms with Crippen LogP contribution in [0.2, 0.25) is 0 Å². The second-order valence-electron chi connectivity index (χ2n) is 6.89. The van der Waals surface area contributed by atoms with Crippen molar-refractivity contribution < 1.29 is 12.8 Å². The zero-order chi connectivity index (χ0) is 18.1. The highest BCUT2D eigenvalue weighted by Crippen LogP contribution is 2.28. The Morgan fingerprint density at radius 3 is 2.54 bits per heavy atom. The molecule has 2 aromatic rings. The minimum absolute atomic E-state index is 0.109. The molecule has 0 unspecified atom stereocenters. The lowest BCUT2D eigenvalue weighted by molar-refractivity contribution is 0.192. The standard InChI is InChI=1S/C17H22N4O3S2/c22-26(23)11-6-14(12-26)16-18-21(17(25)24-16)13-19-7-9-20(10-8-19)15-4-2-1-3-5-15/h1-5,14H,6-13H2/t14-/m1/s1. The molecule has 4 rings (SSSR count). The molecular weight excluding hydrogens is 372 g/mol. The fraction of sp³-hybridized carbons (Fsp3) is 0.529. The number of para-hydroxylation sites is 1. The summed E-state index contributed by atoms with van der Waals surface area (Å²) in [5.74, 6) is 0.601. The van der Waals surface area contributed by atoms with Crippen molar-refractivity contribution in [2.24, 2.45) is 0 Å². The Bertz CT molecular complexity index is 915. The van der Waals surface area contributed by atoms with Crippen LogP contribution < -0.4 is 4.90 Å². The van der Waals surface area contributed by atoms with Crippen LogP contribution in [0.15, 0.2) is 34.7 Å². The molecule has 1 aromatic heterocycles. The molecule has 1 aromatic carbocycles. The van der Waals surface area contributed by atoms with Gasteiger partial charge in [0.25, 0.3) is 4.84 Å². The molecule has 1 atom stereocenters. The van der Waals surface area contributed by atoms with Crippen molar-refractivity contribution in [3.05, 3.63) is 41.1 Å². The SMILES string of the molecule is O=S1(=O)CC[C@@H](c2nn(CN3CCN(c4ccccc4)CC3)c(=S)o2)C1. The number of piperazine rings is 1. The van der Waals surface area contributed by atoms with Crippen LogP contribution in [0, 0.1) is 4.84 Å². The Morgan fingerprint density at radius 1 is 1.15 bits per heavy atom. The van der Waals surface area contributed by atoms with Gasteiger partial charge < -0.3 is 9.32 Å². The molecular formula is C17H22N4O3S2. The van der Waals surface area contributed by atoms with Gasteiger partial charge in [0.05, 0.1) is 24.1 Å². The summed E-state index contributed by atoms with van der Waals surface area (Å²) >= 11 is 5.28. The molecule has 2 aliphatic rings. The molecule has 2 saturated heterocycles. The van der Waals surface area contributed by atoms with Gasteiger partial charge in [-0.3, -0.25) is 4.90 Å². The van der Waals surface area contributed by atoms with Crippen LogP contribution in [0.25, 0.3) is 0 Å². The molecule has 0 spiro atoms.